The molecule has 1 atom stereocenters. The molecular weight excluding hydrogens is 186 g/mol. The highest BCUT2D eigenvalue weighted by Crippen LogP contribution is 1.95. The van der Waals surface area contributed by atoms with Crippen molar-refractivity contribution < 1.29 is 19.7 Å². The van der Waals surface area contributed by atoms with Gasteiger partial charge in [-0.1, -0.05) is 0 Å². The van der Waals surface area contributed by atoms with E-state index in [1.807, 2.05) is 0 Å². The molecule has 0 saturated carbocycles. The number of ether oxygens (including phenoxy) is 1. The van der Waals surface area contributed by atoms with E-state index in [1.54, 1.807) is 18.9 Å². The molecule has 2 N–H and O–H groups in total. The number of rotatable bonds is 8. The standard InChI is InChI=1S/C9H19NO4/c1-8(11)3-4-10(5-6-14-2)7-9(12)13/h8,11H,3-7H2,1-2H3,(H,12,13). The Morgan fingerprint density at radius 2 is 2.14 bits per heavy atom. The monoisotopic (exact) mass is 205 g/mol. The van der Waals surface area contributed by atoms with Crippen molar-refractivity contribution in [2.75, 3.05) is 33.4 Å². The van der Waals surface area contributed by atoms with Crippen molar-refractivity contribution >= 4 is 5.97 Å². The second-order valence-electron chi connectivity index (χ2n) is 3.30. The molecule has 14 heavy (non-hydrogen) atoms. The highest BCUT2D eigenvalue weighted by atomic mass is 16.5. The number of hydrogen-bond donors (Lipinski definition) is 2. The van der Waals surface area contributed by atoms with Crippen LogP contribution in [0.5, 0.6) is 0 Å². The van der Waals surface area contributed by atoms with Gasteiger partial charge in [0.1, 0.15) is 0 Å². The summed E-state index contributed by atoms with van der Waals surface area (Å²) in [5, 5.41) is 17.7. The number of carbonyl (C=O) groups is 1. The molecule has 84 valence electrons. The van der Waals surface area contributed by atoms with Crippen LogP contribution < -0.4 is 0 Å². The Kier molecular flexibility index (Phi) is 7.37. The molecule has 0 spiro atoms. The van der Waals surface area contributed by atoms with Gasteiger partial charge in [-0.05, 0) is 13.3 Å². The molecule has 5 nitrogen and oxygen atoms in total. The van der Waals surface area contributed by atoms with E-state index in [1.165, 1.54) is 0 Å². The molecule has 0 amide bonds. The predicted molar refractivity (Wildman–Crippen MR) is 52.2 cm³/mol. The van der Waals surface area contributed by atoms with Gasteiger partial charge >= 0.3 is 5.97 Å². The predicted octanol–water partition coefficient (Wildman–Crippen LogP) is -0.210. The average Bonchev–Trinajstić information content (AvgIpc) is 2.09. The first-order chi connectivity index (χ1) is 6.56. The summed E-state index contributed by atoms with van der Waals surface area (Å²) < 4.78 is 4.86. The summed E-state index contributed by atoms with van der Waals surface area (Å²) in [5.41, 5.74) is 0. The molecule has 0 aliphatic heterocycles. The minimum atomic E-state index is -0.855. The van der Waals surface area contributed by atoms with Gasteiger partial charge in [-0.2, -0.15) is 0 Å². The maximum atomic E-state index is 10.5. The SMILES string of the molecule is COCCN(CCC(C)O)CC(=O)O. The zero-order valence-corrected chi connectivity index (χ0v) is 8.77. The summed E-state index contributed by atoms with van der Waals surface area (Å²) >= 11 is 0. The van der Waals surface area contributed by atoms with Gasteiger partial charge in [0, 0.05) is 20.2 Å². The third kappa shape index (κ3) is 7.97. The normalized spacial score (nSPS) is 13.1. The fourth-order valence-corrected chi connectivity index (χ4v) is 1.05. The fourth-order valence-electron chi connectivity index (χ4n) is 1.05. The summed E-state index contributed by atoms with van der Waals surface area (Å²) in [6, 6.07) is 0. The summed E-state index contributed by atoms with van der Waals surface area (Å²) in [5.74, 6) is -0.855. The van der Waals surface area contributed by atoms with Crippen LogP contribution in [0.1, 0.15) is 13.3 Å². The van der Waals surface area contributed by atoms with Gasteiger partial charge < -0.3 is 14.9 Å². The summed E-state index contributed by atoms with van der Waals surface area (Å²) in [6.45, 7) is 3.35. The highest BCUT2D eigenvalue weighted by molar-refractivity contribution is 5.69. The molecule has 0 rings (SSSR count). The minimum Gasteiger partial charge on any atom is -0.480 e. The van der Waals surface area contributed by atoms with Gasteiger partial charge in [0.15, 0.2) is 0 Å². The van der Waals surface area contributed by atoms with Crippen LogP contribution in [-0.4, -0.2) is 60.5 Å². The molecular formula is C9H19NO4. The third-order valence-corrected chi connectivity index (χ3v) is 1.83. The summed E-state index contributed by atoms with van der Waals surface area (Å²) in [6.07, 6.45) is 0.186. The summed E-state index contributed by atoms with van der Waals surface area (Å²) in [7, 11) is 1.58. The molecule has 5 heteroatoms. The number of hydrogen-bond acceptors (Lipinski definition) is 4. The van der Waals surface area contributed by atoms with Crippen LogP contribution >= 0.6 is 0 Å². The lowest BCUT2D eigenvalue weighted by atomic mass is 10.2. The molecule has 0 aliphatic rings. The Morgan fingerprint density at radius 1 is 1.50 bits per heavy atom. The van der Waals surface area contributed by atoms with Gasteiger partial charge in [0.2, 0.25) is 0 Å². The second kappa shape index (κ2) is 7.73. The molecule has 1 unspecified atom stereocenters. The van der Waals surface area contributed by atoms with Crippen molar-refractivity contribution in [2.45, 2.75) is 19.4 Å². The maximum Gasteiger partial charge on any atom is 0.317 e. The van der Waals surface area contributed by atoms with Crippen LogP contribution in [0.3, 0.4) is 0 Å². The van der Waals surface area contributed by atoms with Gasteiger partial charge in [-0.3, -0.25) is 9.69 Å². The average molecular weight is 205 g/mol. The van der Waals surface area contributed by atoms with Gasteiger partial charge in [-0.25, -0.2) is 0 Å². The lowest BCUT2D eigenvalue weighted by molar-refractivity contribution is -0.138. The summed E-state index contributed by atoms with van der Waals surface area (Å²) in [4.78, 5) is 12.2. The third-order valence-electron chi connectivity index (χ3n) is 1.83. The van der Waals surface area contributed by atoms with Crippen LogP contribution in [0.25, 0.3) is 0 Å². The van der Waals surface area contributed by atoms with E-state index in [0.29, 0.717) is 26.1 Å². The number of nitrogens with zero attached hydrogens (tertiary/aromatic N) is 1. The number of aliphatic hydroxyl groups excluding tert-OH is 1. The first-order valence-corrected chi connectivity index (χ1v) is 4.67. The number of carboxylic acids is 1. The van der Waals surface area contributed by atoms with Crippen molar-refractivity contribution in [1.82, 2.24) is 4.90 Å². The van der Waals surface area contributed by atoms with Crippen LogP contribution in [0.2, 0.25) is 0 Å². The topological polar surface area (TPSA) is 70.0 Å². The largest absolute Gasteiger partial charge is 0.480 e. The van der Waals surface area contributed by atoms with E-state index in [9.17, 15) is 4.79 Å². The molecule has 0 aliphatic carbocycles. The number of aliphatic carboxylic acids is 1. The molecule has 0 heterocycles. The van der Waals surface area contributed by atoms with E-state index >= 15 is 0 Å². The Balaban J connectivity index is 3.78. The molecule has 0 radical (unpaired) electrons. The molecule has 0 bridgehead atoms. The fraction of sp³-hybridized carbons (Fsp3) is 0.889. The molecule has 0 fully saturated rings. The Bertz CT molecular complexity index is 161. The van der Waals surface area contributed by atoms with Crippen LogP contribution in [0, 0.1) is 0 Å². The first-order valence-electron chi connectivity index (χ1n) is 4.67. The lowest BCUT2D eigenvalue weighted by Gasteiger charge is -2.20. The Labute approximate surface area is 84.3 Å². The Morgan fingerprint density at radius 3 is 2.57 bits per heavy atom. The van der Waals surface area contributed by atoms with E-state index in [-0.39, 0.29) is 6.54 Å². The van der Waals surface area contributed by atoms with E-state index in [4.69, 9.17) is 14.9 Å². The van der Waals surface area contributed by atoms with E-state index in [0.717, 1.165) is 0 Å². The number of aliphatic hydroxyl groups is 1. The second-order valence-corrected chi connectivity index (χ2v) is 3.30. The number of carboxylic acid groups (broad SMARTS) is 1. The van der Waals surface area contributed by atoms with E-state index in [2.05, 4.69) is 0 Å². The van der Waals surface area contributed by atoms with Gasteiger partial charge in [-0.15, -0.1) is 0 Å². The highest BCUT2D eigenvalue weighted by Gasteiger charge is 2.09. The molecule has 0 aromatic heterocycles. The van der Waals surface area contributed by atoms with Gasteiger partial charge in [0.25, 0.3) is 0 Å². The molecule has 0 aromatic carbocycles. The lowest BCUT2D eigenvalue weighted by Crippen LogP contribution is -2.34. The number of methoxy groups -OCH3 is 1. The van der Waals surface area contributed by atoms with Crippen LogP contribution in [-0.2, 0) is 9.53 Å². The minimum absolute atomic E-state index is 0.00389. The van der Waals surface area contributed by atoms with Crippen LogP contribution in [0.15, 0.2) is 0 Å². The van der Waals surface area contributed by atoms with Gasteiger partial charge in [0.05, 0.1) is 19.3 Å². The smallest absolute Gasteiger partial charge is 0.317 e. The molecule has 0 aromatic rings. The maximum absolute atomic E-state index is 10.5. The van der Waals surface area contributed by atoms with Crippen molar-refractivity contribution in [3.63, 3.8) is 0 Å². The first kappa shape index (κ1) is 13.4. The zero-order chi connectivity index (χ0) is 11.0. The van der Waals surface area contributed by atoms with Crippen molar-refractivity contribution in [1.29, 1.82) is 0 Å². The van der Waals surface area contributed by atoms with E-state index < -0.39 is 12.1 Å². The Hall–Kier alpha value is -0.650. The quantitative estimate of drug-likeness (QED) is 0.574. The van der Waals surface area contributed by atoms with Crippen molar-refractivity contribution in [3.05, 3.63) is 0 Å². The molecule has 0 saturated heterocycles. The van der Waals surface area contributed by atoms with Crippen molar-refractivity contribution in [3.8, 4) is 0 Å². The van der Waals surface area contributed by atoms with Crippen molar-refractivity contribution in [2.24, 2.45) is 0 Å². The zero-order valence-electron chi connectivity index (χ0n) is 8.77. The van der Waals surface area contributed by atoms with Crippen LogP contribution in [0.4, 0.5) is 0 Å².